The van der Waals surface area contributed by atoms with Gasteiger partial charge in [0.25, 0.3) is 0 Å². The van der Waals surface area contributed by atoms with Crippen LogP contribution in [0.15, 0.2) is 42.1 Å². The molecule has 2 N–H and O–H groups in total. The first-order valence-corrected chi connectivity index (χ1v) is 8.32. The predicted octanol–water partition coefficient (Wildman–Crippen LogP) is 4.58. The first-order valence-electron chi connectivity index (χ1n) is 7.50. The number of benzene rings is 1. The van der Waals surface area contributed by atoms with Gasteiger partial charge in [-0.05, 0) is 19.4 Å². The van der Waals surface area contributed by atoms with Gasteiger partial charge in [-0.25, -0.2) is 0 Å². The molecule has 5 nitrogen and oxygen atoms in total. The van der Waals surface area contributed by atoms with Crippen molar-refractivity contribution in [1.29, 1.82) is 0 Å². The molecule has 0 fully saturated rings. The second-order valence-electron chi connectivity index (χ2n) is 5.10. The maximum Gasteiger partial charge on any atom is 0.221 e. The summed E-state index contributed by atoms with van der Waals surface area (Å²) in [7, 11) is 0. The molecule has 0 atom stereocenters. The highest BCUT2D eigenvalue weighted by Crippen LogP contribution is 2.44. The highest BCUT2D eigenvalue weighted by Gasteiger charge is 2.24. The third kappa shape index (κ3) is 3.65. The van der Waals surface area contributed by atoms with Crippen LogP contribution in [0.5, 0.6) is 0 Å². The molecule has 0 aliphatic rings. The van der Waals surface area contributed by atoms with Gasteiger partial charge in [0.05, 0.1) is 22.8 Å². The molecule has 0 spiro atoms. The van der Waals surface area contributed by atoms with Crippen molar-refractivity contribution in [1.82, 2.24) is 0 Å². The Morgan fingerprint density at radius 1 is 1.33 bits per heavy atom. The number of oxime groups is 1. The average Bonchev–Trinajstić information content (AvgIpc) is 2.93. The molecule has 0 saturated heterocycles. The van der Waals surface area contributed by atoms with Crippen molar-refractivity contribution in [2.75, 3.05) is 11.9 Å². The number of hydrogen-bond acceptors (Lipinski definition) is 5. The summed E-state index contributed by atoms with van der Waals surface area (Å²) >= 11 is 1.33. The average molecular weight is 344 g/mol. The van der Waals surface area contributed by atoms with Crippen LogP contribution in [0.4, 0.5) is 5.00 Å². The number of amides is 1. The largest absolute Gasteiger partial charge is 0.494 e. The van der Waals surface area contributed by atoms with Gasteiger partial charge in [-0.2, -0.15) is 0 Å². The van der Waals surface area contributed by atoms with E-state index in [-0.39, 0.29) is 5.91 Å². The summed E-state index contributed by atoms with van der Waals surface area (Å²) in [5.41, 5.74) is 2.93. The Kier molecular flexibility index (Phi) is 5.76. The van der Waals surface area contributed by atoms with Gasteiger partial charge in [0.2, 0.25) is 5.91 Å². The molecule has 0 unspecified atom stereocenters. The maximum absolute atomic E-state index is 11.6. The number of carbonyl (C=O) groups is 1. The lowest BCUT2D eigenvalue weighted by Gasteiger charge is -2.12. The number of ether oxygens (including phenoxy) is 1. The fraction of sp³-hybridized carbons (Fsp3) is 0.222. The van der Waals surface area contributed by atoms with Crippen molar-refractivity contribution in [2.24, 2.45) is 5.16 Å². The molecular weight excluding hydrogens is 324 g/mol. The van der Waals surface area contributed by atoms with Crippen LogP contribution in [-0.4, -0.2) is 23.4 Å². The second kappa shape index (κ2) is 7.79. The van der Waals surface area contributed by atoms with E-state index in [0.717, 1.165) is 16.0 Å². The van der Waals surface area contributed by atoms with Gasteiger partial charge in [-0.1, -0.05) is 42.1 Å². The van der Waals surface area contributed by atoms with Crippen LogP contribution in [-0.2, 0) is 9.53 Å². The molecule has 126 valence electrons. The number of thiophene rings is 1. The molecule has 24 heavy (non-hydrogen) atoms. The summed E-state index contributed by atoms with van der Waals surface area (Å²) in [4.78, 5) is 12.3. The summed E-state index contributed by atoms with van der Waals surface area (Å²) in [5, 5.41) is 16.0. The van der Waals surface area contributed by atoms with E-state index in [9.17, 15) is 10.0 Å². The third-order valence-electron chi connectivity index (χ3n) is 3.34. The van der Waals surface area contributed by atoms with Crippen LogP contribution in [0, 0.1) is 0 Å². The Labute approximate surface area is 145 Å². The lowest BCUT2D eigenvalue weighted by molar-refractivity contribution is -0.114. The quantitative estimate of drug-likeness (QED) is 0.349. The second-order valence-corrected chi connectivity index (χ2v) is 6.12. The Balaban J connectivity index is 2.77. The van der Waals surface area contributed by atoms with Crippen molar-refractivity contribution in [3.8, 4) is 11.1 Å². The molecule has 0 aliphatic carbocycles. The van der Waals surface area contributed by atoms with Crippen LogP contribution in [0.2, 0.25) is 0 Å². The van der Waals surface area contributed by atoms with Crippen LogP contribution in [0.1, 0.15) is 31.2 Å². The van der Waals surface area contributed by atoms with Gasteiger partial charge in [0.15, 0.2) is 0 Å². The van der Waals surface area contributed by atoms with Gasteiger partial charge >= 0.3 is 0 Å². The van der Waals surface area contributed by atoms with Gasteiger partial charge < -0.3 is 15.3 Å². The minimum absolute atomic E-state index is 0.188. The van der Waals surface area contributed by atoms with Crippen LogP contribution in [0.3, 0.4) is 0 Å². The Morgan fingerprint density at radius 3 is 2.54 bits per heavy atom. The minimum Gasteiger partial charge on any atom is -0.494 e. The topological polar surface area (TPSA) is 70.9 Å². The molecule has 6 heteroatoms. The number of rotatable bonds is 6. The predicted molar refractivity (Wildman–Crippen MR) is 98.7 cm³/mol. The Hall–Kier alpha value is -2.60. The summed E-state index contributed by atoms with van der Waals surface area (Å²) in [5.74, 6) is 0.278. The highest BCUT2D eigenvalue weighted by molar-refractivity contribution is 7.19. The molecule has 2 aromatic rings. The number of anilines is 1. The standard InChI is InChI=1S/C18H20N2O3S/c1-5-23-12(3)15-16(14-9-7-6-8-10-14)17(11(2)20-22)24-18(15)19-13(4)21/h6-10,22H,3,5H2,1-2,4H3,(H,19,21)/b20-11+. The van der Waals surface area contributed by atoms with Crippen LogP contribution >= 0.6 is 11.3 Å². The smallest absolute Gasteiger partial charge is 0.221 e. The summed E-state index contributed by atoms with van der Waals surface area (Å²) < 4.78 is 5.60. The van der Waals surface area contributed by atoms with E-state index in [1.165, 1.54) is 18.3 Å². The zero-order valence-corrected chi connectivity index (χ0v) is 14.7. The Bertz CT molecular complexity index is 779. The Morgan fingerprint density at radius 2 is 2.00 bits per heavy atom. The molecule has 1 aromatic heterocycles. The third-order valence-corrected chi connectivity index (χ3v) is 4.55. The van der Waals surface area contributed by atoms with Crippen LogP contribution in [0.25, 0.3) is 16.9 Å². The fourth-order valence-electron chi connectivity index (χ4n) is 2.37. The van der Waals surface area contributed by atoms with Crippen molar-refractivity contribution in [2.45, 2.75) is 20.8 Å². The molecule has 0 bridgehead atoms. The number of carbonyl (C=O) groups excluding carboxylic acids is 1. The zero-order chi connectivity index (χ0) is 17.7. The summed E-state index contributed by atoms with van der Waals surface area (Å²) in [6.07, 6.45) is 0. The molecule has 0 saturated carbocycles. The van der Waals surface area contributed by atoms with Gasteiger partial charge in [0.1, 0.15) is 10.8 Å². The first kappa shape index (κ1) is 17.7. The monoisotopic (exact) mass is 344 g/mol. The maximum atomic E-state index is 11.6. The lowest BCUT2D eigenvalue weighted by Crippen LogP contribution is -2.06. The molecule has 2 rings (SSSR count). The summed E-state index contributed by atoms with van der Waals surface area (Å²) in [6, 6.07) is 9.68. The zero-order valence-electron chi connectivity index (χ0n) is 13.9. The van der Waals surface area contributed by atoms with E-state index in [1.807, 2.05) is 37.3 Å². The molecule has 1 heterocycles. The van der Waals surface area contributed by atoms with Crippen molar-refractivity contribution in [3.63, 3.8) is 0 Å². The molecular formula is C18H20N2O3S. The highest BCUT2D eigenvalue weighted by atomic mass is 32.1. The molecule has 0 aliphatic heterocycles. The minimum atomic E-state index is -0.188. The molecule has 1 aromatic carbocycles. The van der Waals surface area contributed by atoms with Gasteiger partial charge in [0, 0.05) is 12.5 Å². The SMILES string of the molecule is C=C(OCC)c1c(NC(C)=O)sc(/C(C)=N/O)c1-c1ccccc1. The molecule has 1 amide bonds. The van der Waals surface area contributed by atoms with E-state index in [1.54, 1.807) is 6.92 Å². The first-order chi connectivity index (χ1) is 11.5. The molecule has 0 radical (unpaired) electrons. The number of nitrogens with zero attached hydrogens (tertiary/aromatic N) is 1. The van der Waals surface area contributed by atoms with Crippen molar-refractivity contribution < 1.29 is 14.7 Å². The van der Waals surface area contributed by atoms with E-state index >= 15 is 0 Å². The van der Waals surface area contributed by atoms with Crippen LogP contribution < -0.4 is 5.32 Å². The van der Waals surface area contributed by atoms with Gasteiger partial charge in [-0.15, -0.1) is 11.3 Å². The van der Waals surface area contributed by atoms with Crippen molar-refractivity contribution in [3.05, 3.63) is 47.4 Å². The number of nitrogens with one attached hydrogen (secondary N) is 1. The van der Waals surface area contributed by atoms with Crippen molar-refractivity contribution >= 4 is 33.7 Å². The van der Waals surface area contributed by atoms with Gasteiger partial charge in [-0.3, -0.25) is 4.79 Å². The number of hydrogen-bond donors (Lipinski definition) is 2. The van der Waals surface area contributed by atoms with E-state index < -0.39 is 0 Å². The van der Waals surface area contributed by atoms with E-state index in [2.05, 4.69) is 17.1 Å². The van der Waals surface area contributed by atoms with E-state index in [4.69, 9.17) is 4.74 Å². The summed E-state index contributed by atoms with van der Waals surface area (Å²) in [6.45, 7) is 9.49. The van der Waals surface area contributed by atoms with E-state index in [0.29, 0.717) is 28.6 Å². The lowest BCUT2D eigenvalue weighted by atomic mass is 9.99. The normalized spacial score (nSPS) is 11.2. The fourth-order valence-corrected chi connectivity index (χ4v) is 3.60.